The summed E-state index contributed by atoms with van der Waals surface area (Å²) in [6.07, 6.45) is 2.68. The van der Waals surface area contributed by atoms with Gasteiger partial charge < -0.3 is 14.2 Å². The number of thiophene rings is 1. The van der Waals surface area contributed by atoms with Gasteiger partial charge in [0.1, 0.15) is 5.76 Å². The van der Waals surface area contributed by atoms with E-state index >= 15 is 0 Å². The molecule has 0 bridgehead atoms. The van der Waals surface area contributed by atoms with Gasteiger partial charge in [0, 0.05) is 5.69 Å². The first-order chi connectivity index (χ1) is 14.0. The van der Waals surface area contributed by atoms with Crippen molar-refractivity contribution in [3.8, 4) is 10.6 Å². The largest absolute Gasteiger partial charge is 0.468 e. The van der Waals surface area contributed by atoms with E-state index in [4.69, 9.17) is 8.83 Å². The normalized spacial score (nSPS) is 11.4. The lowest BCUT2D eigenvalue weighted by Crippen LogP contribution is -2.23. The van der Waals surface area contributed by atoms with Crippen LogP contribution >= 0.6 is 11.3 Å². The van der Waals surface area contributed by atoms with Gasteiger partial charge >= 0.3 is 0 Å². The fraction of sp³-hybridized carbons (Fsp3) is 0.0526. The van der Waals surface area contributed by atoms with Crippen molar-refractivity contribution in [2.75, 3.05) is 5.32 Å². The van der Waals surface area contributed by atoms with Crippen LogP contribution in [-0.4, -0.2) is 19.3 Å². The first-order valence-corrected chi connectivity index (χ1v) is 10.8. The Balaban J connectivity index is 1.45. The summed E-state index contributed by atoms with van der Waals surface area (Å²) in [5.74, 6) is 0.444. The molecule has 8 nitrogen and oxygen atoms in total. The van der Waals surface area contributed by atoms with Gasteiger partial charge in [-0.15, -0.1) is 11.3 Å². The van der Waals surface area contributed by atoms with Gasteiger partial charge in [0.05, 0.1) is 22.6 Å². The fourth-order valence-corrected chi connectivity index (χ4v) is 4.27. The second kappa shape index (κ2) is 8.03. The van der Waals surface area contributed by atoms with Crippen molar-refractivity contribution in [3.63, 3.8) is 0 Å². The summed E-state index contributed by atoms with van der Waals surface area (Å²) in [6, 6.07) is 12.9. The fourth-order valence-electron chi connectivity index (χ4n) is 2.56. The summed E-state index contributed by atoms with van der Waals surface area (Å²) >= 11 is 1.43. The second-order valence-electron chi connectivity index (χ2n) is 5.89. The number of nitrogens with one attached hydrogen (secondary N) is 2. The lowest BCUT2D eigenvalue weighted by atomic mass is 10.2. The molecule has 148 valence electrons. The summed E-state index contributed by atoms with van der Waals surface area (Å²) in [6.45, 7) is 0.0471. The average Bonchev–Trinajstić information content (AvgIpc) is 3.49. The van der Waals surface area contributed by atoms with E-state index in [9.17, 15) is 13.2 Å². The number of furan rings is 1. The maximum absolute atomic E-state index is 12.5. The number of hydrogen-bond acceptors (Lipinski definition) is 7. The molecule has 0 atom stereocenters. The highest BCUT2D eigenvalue weighted by Crippen LogP contribution is 2.28. The highest BCUT2D eigenvalue weighted by Gasteiger charge is 2.20. The molecule has 1 amide bonds. The topological polar surface area (TPSA) is 114 Å². The third-order valence-electron chi connectivity index (χ3n) is 3.97. The Kier molecular flexibility index (Phi) is 5.30. The molecule has 0 radical (unpaired) electrons. The zero-order chi connectivity index (χ0) is 20.3. The Labute approximate surface area is 170 Å². The number of rotatable bonds is 7. The van der Waals surface area contributed by atoms with Crippen LogP contribution in [0.25, 0.3) is 10.6 Å². The minimum atomic E-state index is -3.71. The molecule has 0 spiro atoms. The molecule has 3 heterocycles. The highest BCUT2D eigenvalue weighted by atomic mass is 32.2. The summed E-state index contributed by atoms with van der Waals surface area (Å²) in [5, 5.41) is 4.57. The summed E-state index contributed by atoms with van der Waals surface area (Å²) < 4.78 is 37.6. The molecule has 2 N–H and O–H groups in total. The number of amides is 1. The number of carbonyl (C=O) groups is 1. The third kappa shape index (κ3) is 4.29. The van der Waals surface area contributed by atoms with Gasteiger partial charge in [-0.1, -0.05) is 6.07 Å². The minimum absolute atomic E-state index is 0.0471. The Morgan fingerprint density at radius 1 is 1.07 bits per heavy atom. The quantitative estimate of drug-likeness (QED) is 0.463. The van der Waals surface area contributed by atoms with E-state index in [0.717, 1.165) is 4.88 Å². The first-order valence-electron chi connectivity index (χ1n) is 8.44. The zero-order valence-corrected chi connectivity index (χ0v) is 16.5. The highest BCUT2D eigenvalue weighted by molar-refractivity contribution is 7.89. The number of anilines is 1. The molecule has 1 aromatic carbocycles. The van der Waals surface area contributed by atoms with Gasteiger partial charge in [0.25, 0.3) is 5.91 Å². The van der Waals surface area contributed by atoms with E-state index in [0.29, 0.717) is 17.2 Å². The number of aromatic nitrogens is 1. The molecule has 29 heavy (non-hydrogen) atoms. The van der Waals surface area contributed by atoms with Gasteiger partial charge in [-0.25, -0.2) is 18.1 Å². The lowest BCUT2D eigenvalue weighted by Gasteiger charge is -2.08. The van der Waals surface area contributed by atoms with Gasteiger partial charge in [-0.05, 0) is 47.8 Å². The molecule has 0 aliphatic heterocycles. The van der Waals surface area contributed by atoms with Crippen LogP contribution in [0.2, 0.25) is 0 Å². The monoisotopic (exact) mass is 429 g/mol. The number of benzene rings is 1. The molecule has 0 unspecified atom stereocenters. The van der Waals surface area contributed by atoms with Crippen LogP contribution in [0.4, 0.5) is 5.69 Å². The predicted molar refractivity (Wildman–Crippen MR) is 107 cm³/mol. The Hall–Kier alpha value is -3.21. The van der Waals surface area contributed by atoms with Crippen molar-refractivity contribution in [1.29, 1.82) is 0 Å². The maximum atomic E-state index is 12.5. The lowest BCUT2D eigenvalue weighted by molar-refractivity contribution is 0.102. The smallest absolute Gasteiger partial charge is 0.278 e. The van der Waals surface area contributed by atoms with Gasteiger partial charge in [0.15, 0.2) is 17.8 Å². The second-order valence-corrected chi connectivity index (χ2v) is 8.60. The number of hydrogen-bond donors (Lipinski definition) is 2. The van der Waals surface area contributed by atoms with E-state index < -0.39 is 15.9 Å². The molecule has 4 rings (SSSR count). The van der Waals surface area contributed by atoms with Crippen LogP contribution in [0.3, 0.4) is 0 Å². The average molecular weight is 429 g/mol. The molecule has 0 fully saturated rings. The Bertz CT molecular complexity index is 1200. The standard InChI is InChI=1S/C19H15N3O5S2/c23-19(17-18(27-12-20-17)16-4-2-10-28-16)22-13-5-7-15(8-6-13)29(24,25)21-11-14-3-1-9-26-14/h1-10,12,21H,11H2,(H,22,23). The van der Waals surface area contributed by atoms with E-state index in [-0.39, 0.29) is 17.1 Å². The third-order valence-corrected chi connectivity index (χ3v) is 6.25. The molecule has 0 aliphatic carbocycles. The predicted octanol–water partition coefficient (Wildman–Crippen LogP) is 3.73. The van der Waals surface area contributed by atoms with Crippen molar-refractivity contribution in [2.24, 2.45) is 0 Å². The molecule has 3 aromatic heterocycles. The molecule has 0 saturated carbocycles. The van der Waals surface area contributed by atoms with Gasteiger partial charge in [-0.2, -0.15) is 0 Å². The molecular weight excluding hydrogens is 414 g/mol. The van der Waals surface area contributed by atoms with Crippen molar-refractivity contribution < 1.29 is 22.0 Å². The summed E-state index contributed by atoms with van der Waals surface area (Å²) in [4.78, 5) is 17.4. The number of sulfonamides is 1. The van der Waals surface area contributed by atoms with Crippen molar-refractivity contribution in [1.82, 2.24) is 9.71 Å². The van der Waals surface area contributed by atoms with Crippen molar-refractivity contribution in [2.45, 2.75) is 11.4 Å². The van der Waals surface area contributed by atoms with Gasteiger partial charge in [0.2, 0.25) is 10.0 Å². The molecule has 10 heteroatoms. The van der Waals surface area contributed by atoms with Crippen LogP contribution in [0.5, 0.6) is 0 Å². The van der Waals surface area contributed by atoms with Crippen LogP contribution in [0, 0.1) is 0 Å². The molecule has 0 saturated heterocycles. The Morgan fingerprint density at radius 3 is 2.59 bits per heavy atom. The molecular formula is C19H15N3O5S2. The Morgan fingerprint density at radius 2 is 1.90 bits per heavy atom. The maximum Gasteiger partial charge on any atom is 0.278 e. The molecule has 4 aromatic rings. The van der Waals surface area contributed by atoms with Crippen LogP contribution in [0.1, 0.15) is 16.2 Å². The van der Waals surface area contributed by atoms with Crippen LogP contribution in [-0.2, 0) is 16.6 Å². The van der Waals surface area contributed by atoms with E-state index in [1.807, 2.05) is 17.5 Å². The van der Waals surface area contributed by atoms with E-state index in [1.165, 1.54) is 48.3 Å². The zero-order valence-electron chi connectivity index (χ0n) is 14.9. The first kappa shape index (κ1) is 19.1. The minimum Gasteiger partial charge on any atom is -0.468 e. The number of oxazole rings is 1. The van der Waals surface area contributed by atoms with Gasteiger partial charge in [-0.3, -0.25) is 4.79 Å². The summed E-state index contributed by atoms with van der Waals surface area (Å²) in [7, 11) is -3.71. The van der Waals surface area contributed by atoms with Crippen molar-refractivity contribution in [3.05, 3.63) is 78.0 Å². The van der Waals surface area contributed by atoms with Crippen LogP contribution < -0.4 is 10.0 Å². The molecule has 0 aliphatic rings. The number of carbonyl (C=O) groups excluding carboxylic acids is 1. The van der Waals surface area contributed by atoms with E-state index in [2.05, 4.69) is 15.0 Å². The van der Waals surface area contributed by atoms with E-state index in [1.54, 1.807) is 12.1 Å². The SMILES string of the molecule is O=C(Nc1ccc(S(=O)(=O)NCc2ccco2)cc1)c1ncoc1-c1cccs1. The van der Waals surface area contributed by atoms with Crippen molar-refractivity contribution >= 4 is 33.0 Å². The van der Waals surface area contributed by atoms with Crippen LogP contribution in [0.15, 0.2) is 80.3 Å². The summed E-state index contributed by atoms with van der Waals surface area (Å²) in [5.41, 5.74) is 0.587. The number of nitrogens with zero attached hydrogens (tertiary/aromatic N) is 1.